The number of aryl methyl sites for hydroxylation is 1. The SMILES string of the molecule is CCNC(=S)N1N=C(c2ccccc2)C[C@H]1c1ccc(C)o1. The van der Waals surface area contributed by atoms with Crippen LogP contribution < -0.4 is 5.32 Å². The lowest BCUT2D eigenvalue weighted by Gasteiger charge is -2.22. The first kappa shape index (κ1) is 14.8. The molecular formula is C17H19N3OS. The van der Waals surface area contributed by atoms with Crippen molar-refractivity contribution in [1.82, 2.24) is 10.3 Å². The number of hydrogen-bond acceptors (Lipinski definition) is 3. The Morgan fingerprint density at radius 1 is 1.32 bits per heavy atom. The molecule has 3 rings (SSSR count). The number of furan rings is 1. The Morgan fingerprint density at radius 3 is 2.73 bits per heavy atom. The molecule has 1 aromatic carbocycles. The Hall–Kier alpha value is -2.14. The monoisotopic (exact) mass is 313 g/mol. The van der Waals surface area contributed by atoms with Crippen LogP contribution in [0, 0.1) is 6.92 Å². The number of rotatable bonds is 3. The zero-order valence-corrected chi connectivity index (χ0v) is 13.6. The molecule has 0 radical (unpaired) electrons. The number of thiocarbonyl (C=S) groups is 1. The summed E-state index contributed by atoms with van der Waals surface area (Å²) in [6, 6.07) is 14.2. The molecule has 22 heavy (non-hydrogen) atoms. The van der Waals surface area contributed by atoms with Crippen LogP contribution in [0.2, 0.25) is 0 Å². The van der Waals surface area contributed by atoms with E-state index in [1.807, 2.05) is 49.2 Å². The van der Waals surface area contributed by atoms with Crippen molar-refractivity contribution in [3.8, 4) is 0 Å². The molecular weight excluding hydrogens is 294 g/mol. The highest BCUT2D eigenvalue weighted by Crippen LogP contribution is 2.33. The van der Waals surface area contributed by atoms with Crippen LogP contribution in [0.4, 0.5) is 0 Å². The fraction of sp³-hybridized carbons (Fsp3) is 0.294. The summed E-state index contributed by atoms with van der Waals surface area (Å²) in [4.78, 5) is 0. The first-order valence-corrected chi connectivity index (χ1v) is 7.86. The third-order valence-corrected chi connectivity index (χ3v) is 3.97. The maximum atomic E-state index is 5.81. The van der Waals surface area contributed by atoms with Crippen LogP contribution in [0.15, 0.2) is 52.0 Å². The predicted molar refractivity (Wildman–Crippen MR) is 91.9 cm³/mol. The molecule has 1 aliphatic rings. The summed E-state index contributed by atoms with van der Waals surface area (Å²) in [6.45, 7) is 4.75. The molecule has 114 valence electrons. The minimum absolute atomic E-state index is 0.00968. The Bertz CT molecular complexity index is 693. The van der Waals surface area contributed by atoms with Gasteiger partial charge in [0.25, 0.3) is 0 Å². The van der Waals surface area contributed by atoms with Gasteiger partial charge in [-0.2, -0.15) is 5.10 Å². The van der Waals surface area contributed by atoms with Gasteiger partial charge in [0.15, 0.2) is 5.11 Å². The van der Waals surface area contributed by atoms with E-state index in [-0.39, 0.29) is 6.04 Å². The largest absolute Gasteiger partial charge is 0.464 e. The molecule has 0 bridgehead atoms. The lowest BCUT2D eigenvalue weighted by atomic mass is 10.0. The third-order valence-electron chi connectivity index (χ3n) is 3.64. The number of hydrazone groups is 1. The summed E-state index contributed by atoms with van der Waals surface area (Å²) in [5, 5.41) is 10.4. The van der Waals surface area contributed by atoms with Crippen LogP contribution >= 0.6 is 12.2 Å². The van der Waals surface area contributed by atoms with Crippen molar-refractivity contribution < 1.29 is 4.42 Å². The maximum absolute atomic E-state index is 5.81. The van der Waals surface area contributed by atoms with E-state index in [0.29, 0.717) is 5.11 Å². The van der Waals surface area contributed by atoms with Gasteiger partial charge in [0.1, 0.15) is 17.6 Å². The minimum Gasteiger partial charge on any atom is -0.464 e. The zero-order chi connectivity index (χ0) is 15.5. The van der Waals surface area contributed by atoms with Gasteiger partial charge in [0, 0.05) is 13.0 Å². The van der Waals surface area contributed by atoms with Gasteiger partial charge < -0.3 is 9.73 Å². The van der Waals surface area contributed by atoms with E-state index in [1.54, 1.807) is 0 Å². The fourth-order valence-electron chi connectivity index (χ4n) is 2.59. The van der Waals surface area contributed by atoms with E-state index in [4.69, 9.17) is 21.7 Å². The van der Waals surface area contributed by atoms with Gasteiger partial charge in [-0.05, 0) is 43.8 Å². The first-order valence-electron chi connectivity index (χ1n) is 7.45. The van der Waals surface area contributed by atoms with Crippen LogP contribution in [-0.2, 0) is 0 Å². The van der Waals surface area contributed by atoms with Crippen LogP contribution in [-0.4, -0.2) is 22.4 Å². The predicted octanol–water partition coefficient (Wildman–Crippen LogP) is 3.63. The summed E-state index contributed by atoms with van der Waals surface area (Å²) in [6.07, 6.45) is 0.780. The molecule has 1 aromatic heterocycles. The number of nitrogens with zero attached hydrogens (tertiary/aromatic N) is 2. The second-order valence-electron chi connectivity index (χ2n) is 5.26. The average Bonchev–Trinajstić information content (AvgIpc) is 3.14. The topological polar surface area (TPSA) is 40.8 Å². The normalized spacial score (nSPS) is 17.5. The Balaban J connectivity index is 1.92. The quantitative estimate of drug-likeness (QED) is 0.879. The molecule has 2 aromatic rings. The molecule has 0 unspecified atom stereocenters. The lowest BCUT2D eigenvalue weighted by molar-refractivity contribution is 0.306. The number of hydrogen-bond donors (Lipinski definition) is 1. The van der Waals surface area contributed by atoms with Crippen LogP contribution in [0.25, 0.3) is 0 Å². The molecule has 0 fully saturated rings. The summed E-state index contributed by atoms with van der Waals surface area (Å²) in [7, 11) is 0. The van der Waals surface area contributed by atoms with Crippen molar-refractivity contribution in [2.45, 2.75) is 26.3 Å². The van der Waals surface area contributed by atoms with E-state index in [2.05, 4.69) is 17.4 Å². The second kappa shape index (κ2) is 6.32. The summed E-state index contributed by atoms with van der Waals surface area (Å²) in [5.41, 5.74) is 2.15. The zero-order valence-electron chi connectivity index (χ0n) is 12.7. The van der Waals surface area contributed by atoms with Gasteiger partial charge in [-0.25, -0.2) is 5.01 Å². The molecule has 1 aliphatic heterocycles. The number of benzene rings is 1. The molecule has 0 saturated carbocycles. The second-order valence-corrected chi connectivity index (χ2v) is 5.65. The van der Waals surface area contributed by atoms with Gasteiger partial charge in [-0.15, -0.1) is 0 Å². The van der Waals surface area contributed by atoms with Crippen molar-refractivity contribution in [1.29, 1.82) is 0 Å². The lowest BCUT2D eigenvalue weighted by Crippen LogP contribution is -2.36. The van der Waals surface area contributed by atoms with Crippen molar-refractivity contribution in [2.24, 2.45) is 5.10 Å². The first-order chi connectivity index (χ1) is 10.7. The molecule has 0 saturated heterocycles. The highest BCUT2D eigenvalue weighted by molar-refractivity contribution is 7.80. The highest BCUT2D eigenvalue weighted by Gasteiger charge is 2.33. The van der Waals surface area contributed by atoms with Gasteiger partial charge >= 0.3 is 0 Å². The molecule has 0 aliphatic carbocycles. The molecule has 1 N–H and O–H groups in total. The van der Waals surface area contributed by atoms with Gasteiger partial charge in [-0.1, -0.05) is 30.3 Å². The van der Waals surface area contributed by atoms with Crippen LogP contribution in [0.3, 0.4) is 0 Å². The molecule has 0 amide bonds. The summed E-state index contributed by atoms with van der Waals surface area (Å²) in [5.74, 6) is 1.80. The van der Waals surface area contributed by atoms with Gasteiger partial charge in [-0.3, -0.25) is 0 Å². The van der Waals surface area contributed by atoms with Gasteiger partial charge in [0.2, 0.25) is 0 Å². The van der Waals surface area contributed by atoms with E-state index in [9.17, 15) is 0 Å². The maximum Gasteiger partial charge on any atom is 0.190 e. The highest BCUT2D eigenvalue weighted by atomic mass is 32.1. The van der Waals surface area contributed by atoms with E-state index >= 15 is 0 Å². The molecule has 4 nitrogen and oxygen atoms in total. The van der Waals surface area contributed by atoms with Crippen LogP contribution in [0.1, 0.15) is 36.5 Å². The van der Waals surface area contributed by atoms with Crippen molar-refractivity contribution in [3.63, 3.8) is 0 Å². The Labute approximate surface area is 135 Å². The standard InChI is InChI=1S/C17H19N3OS/c1-3-18-17(22)20-15(16-10-9-12(2)21-16)11-14(19-20)13-7-5-4-6-8-13/h4-10,15H,3,11H2,1-2H3,(H,18,22)/t15-/m0/s1. The summed E-state index contributed by atoms with van der Waals surface area (Å²) < 4.78 is 5.81. The molecule has 2 heterocycles. The van der Waals surface area contributed by atoms with Crippen molar-refractivity contribution in [3.05, 3.63) is 59.5 Å². The van der Waals surface area contributed by atoms with E-state index in [0.717, 1.165) is 35.8 Å². The fourth-order valence-corrected chi connectivity index (χ4v) is 2.90. The number of nitrogens with one attached hydrogen (secondary N) is 1. The Morgan fingerprint density at radius 2 is 2.09 bits per heavy atom. The third kappa shape index (κ3) is 2.90. The van der Waals surface area contributed by atoms with Crippen molar-refractivity contribution in [2.75, 3.05) is 6.54 Å². The molecule has 5 heteroatoms. The summed E-state index contributed by atoms with van der Waals surface area (Å²) >= 11 is 5.47. The molecule has 0 spiro atoms. The van der Waals surface area contributed by atoms with Crippen molar-refractivity contribution >= 4 is 23.0 Å². The minimum atomic E-state index is 0.00968. The average molecular weight is 313 g/mol. The Kier molecular flexibility index (Phi) is 4.24. The van der Waals surface area contributed by atoms with Gasteiger partial charge in [0.05, 0.1) is 5.71 Å². The van der Waals surface area contributed by atoms with E-state index < -0.39 is 0 Å². The smallest absolute Gasteiger partial charge is 0.190 e. The molecule has 1 atom stereocenters. The van der Waals surface area contributed by atoms with E-state index in [1.165, 1.54) is 0 Å². The van der Waals surface area contributed by atoms with Crippen LogP contribution in [0.5, 0.6) is 0 Å².